The normalized spacial score (nSPS) is 14.9. The second-order valence-electron chi connectivity index (χ2n) is 5.71. The molecule has 0 radical (unpaired) electrons. The zero-order chi connectivity index (χ0) is 17.6. The Morgan fingerprint density at radius 3 is 2.40 bits per heavy atom. The van der Waals surface area contributed by atoms with Gasteiger partial charge in [0.2, 0.25) is 5.91 Å². The summed E-state index contributed by atoms with van der Waals surface area (Å²) in [6, 6.07) is 7.06. The summed E-state index contributed by atoms with van der Waals surface area (Å²) in [4.78, 5) is 30.8. The summed E-state index contributed by atoms with van der Waals surface area (Å²) in [6.45, 7) is 5.09. The minimum atomic E-state index is -0.185. The molecule has 2 aromatic rings. The first-order valence-corrected chi connectivity index (χ1v) is 8.85. The molecular formula is C17H20N4O3S. The zero-order valence-corrected chi connectivity index (χ0v) is 14.8. The monoisotopic (exact) mass is 360 g/mol. The summed E-state index contributed by atoms with van der Waals surface area (Å²) in [6.07, 6.45) is 1.57. The van der Waals surface area contributed by atoms with Gasteiger partial charge in [-0.05, 0) is 31.2 Å². The molecule has 132 valence electrons. The second kappa shape index (κ2) is 8.19. The lowest BCUT2D eigenvalue weighted by Gasteiger charge is -2.25. The highest BCUT2D eigenvalue weighted by molar-refractivity contribution is 7.13. The topological polar surface area (TPSA) is 83.6 Å². The Morgan fingerprint density at radius 1 is 1.16 bits per heavy atom. The van der Waals surface area contributed by atoms with Crippen molar-refractivity contribution in [1.29, 1.82) is 0 Å². The van der Waals surface area contributed by atoms with E-state index >= 15 is 0 Å². The van der Waals surface area contributed by atoms with Gasteiger partial charge in [-0.25, -0.2) is 4.98 Å². The highest BCUT2D eigenvalue weighted by atomic mass is 32.1. The average molecular weight is 360 g/mol. The van der Waals surface area contributed by atoms with Crippen LogP contribution in [-0.2, 0) is 9.53 Å². The quantitative estimate of drug-likeness (QED) is 0.852. The molecule has 1 aliphatic rings. The minimum absolute atomic E-state index is 0.0566. The Kier molecular flexibility index (Phi) is 5.75. The highest BCUT2D eigenvalue weighted by Crippen LogP contribution is 2.17. The number of rotatable bonds is 5. The van der Waals surface area contributed by atoms with Crippen molar-refractivity contribution in [3.8, 4) is 0 Å². The Labute approximate surface area is 150 Å². The maximum Gasteiger partial charge on any atom is 0.267 e. The molecule has 0 unspecified atom stereocenters. The number of anilines is 2. The first-order chi connectivity index (χ1) is 12.1. The van der Waals surface area contributed by atoms with Crippen LogP contribution in [0.5, 0.6) is 0 Å². The summed E-state index contributed by atoms with van der Waals surface area (Å²) >= 11 is 1.35. The number of hydrogen-bond acceptors (Lipinski definition) is 6. The van der Waals surface area contributed by atoms with Crippen LogP contribution in [0.25, 0.3) is 0 Å². The lowest BCUT2D eigenvalue weighted by atomic mass is 10.2. The summed E-state index contributed by atoms with van der Waals surface area (Å²) < 4.78 is 5.27. The predicted molar refractivity (Wildman–Crippen MR) is 97.1 cm³/mol. The van der Waals surface area contributed by atoms with Crippen LogP contribution in [0.2, 0.25) is 0 Å². The van der Waals surface area contributed by atoms with E-state index in [4.69, 9.17) is 4.74 Å². The van der Waals surface area contributed by atoms with Crippen LogP contribution in [0.4, 0.5) is 11.4 Å². The lowest BCUT2D eigenvalue weighted by Crippen LogP contribution is -2.41. The second-order valence-corrected chi connectivity index (χ2v) is 6.95. The van der Waals surface area contributed by atoms with E-state index in [1.807, 2.05) is 6.92 Å². The number of carbonyl (C=O) groups is 2. The molecule has 7 nitrogen and oxygen atoms in total. The Balaban J connectivity index is 1.51. The van der Waals surface area contributed by atoms with E-state index < -0.39 is 0 Å². The Hall–Kier alpha value is -2.29. The van der Waals surface area contributed by atoms with E-state index in [2.05, 4.69) is 20.5 Å². The Bertz CT molecular complexity index is 739. The number of thiazole rings is 1. The van der Waals surface area contributed by atoms with E-state index in [0.29, 0.717) is 36.0 Å². The molecule has 3 rings (SSSR count). The molecule has 1 aliphatic heterocycles. The van der Waals surface area contributed by atoms with E-state index in [1.54, 1.807) is 30.5 Å². The van der Waals surface area contributed by atoms with Gasteiger partial charge in [0.25, 0.3) is 5.91 Å². The predicted octanol–water partition coefficient (Wildman–Crippen LogP) is 1.97. The van der Waals surface area contributed by atoms with Gasteiger partial charge in [-0.1, -0.05) is 0 Å². The number of ether oxygens (including phenoxy) is 1. The number of carbonyl (C=O) groups excluding carboxylic acids is 2. The molecule has 1 fully saturated rings. The average Bonchev–Trinajstić information content (AvgIpc) is 3.04. The number of aromatic nitrogens is 1. The minimum Gasteiger partial charge on any atom is -0.379 e. The molecule has 1 aromatic carbocycles. The van der Waals surface area contributed by atoms with Crippen LogP contribution in [-0.4, -0.2) is 54.5 Å². The van der Waals surface area contributed by atoms with Gasteiger partial charge in [-0.15, -0.1) is 11.3 Å². The van der Waals surface area contributed by atoms with Crippen molar-refractivity contribution in [3.05, 3.63) is 40.3 Å². The van der Waals surface area contributed by atoms with Crippen molar-refractivity contribution in [2.45, 2.75) is 6.92 Å². The number of hydrogen-bond donors (Lipinski definition) is 2. The van der Waals surface area contributed by atoms with Gasteiger partial charge in [0, 0.05) is 24.5 Å². The smallest absolute Gasteiger partial charge is 0.267 e. The first-order valence-electron chi connectivity index (χ1n) is 8.04. The third-order valence-corrected chi connectivity index (χ3v) is 4.65. The van der Waals surface area contributed by atoms with E-state index in [-0.39, 0.29) is 11.8 Å². The summed E-state index contributed by atoms with van der Waals surface area (Å²) in [5, 5.41) is 6.53. The fourth-order valence-corrected chi connectivity index (χ4v) is 3.13. The fourth-order valence-electron chi connectivity index (χ4n) is 2.46. The van der Waals surface area contributed by atoms with Gasteiger partial charge in [0.05, 0.1) is 31.0 Å². The van der Waals surface area contributed by atoms with Crippen molar-refractivity contribution in [3.63, 3.8) is 0 Å². The van der Waals surface area contributed by atoms with Crippen molar-refractivity contribution in [2.75, 3.05) is 43.5 Å². The van der Waals surface area contributed by atoms with Crippen LogP contribution >= 0.6 is 11.3 Å². The number of morpholine rings is 1. The third-order valence-electron chi connectivity index (χ3n) is 3.74. The van der Waals surface area contributed by atoms with E-state index in [9.17, 15) is 9.59 Å². The van der Waals surface area contributed by atoms with Gasteiger partial charge in [-0.2, -0.15) is 0 Å². The molecule has 2 N–H and O–H groups in total. The molecule has 1 aromatic heterocycles. The van der Waals surface area contributed by atoms with Crippen molar-refractivity contribution in [2.24, 2.45) is 0 Å². The molecule has 0 spiro atoms. The van der Waals surface area contributed by atoms with Crippen LogP contribution < -0.4 is 10.6 Å². The number of nitrogens with one attached hydrogen (secondary N) is 2. The van der Waals surface area contributed by atoms with Gasteiger partial charge in [0.1, 0.15) is 4.88 Å². The first kappa shape index (κ1) is 17.5. The summed E-state index contributed by atoms with van der Waals surface area (Å²) in [5.74, 6) is -0.242. The number of benzene rings is 1. The maximum absolute atomic E-state index is 12.1. The van der Waals surface area contributed by atoms with Crippen LogP contribution in [0.1, 0.15) is 14.7 Å². The fraction of sp³-hybridized carbons (Fsp3) is 0.353. The molecule has 2 heterocycles. The van der Waals surface area contributed by atoms with Gasteiger partial charge < -0.3 is 15.4 Å². The molecular weight excluding hydrogens is 340 g/mol. The van der Waals surface area contributed by atoms with Gasteiger partial charge in [-0.3, -0.25) is 14.5 Å². The maximum atomic E-state index is 12.1. The standard InChI is InChI=1S/C17H20N4O3S/c1-12-18-10-15(25-12)17(23)20-14-4-2-13(3-5-14)19-16(22)11-21-6-8-24-9-7-21/h2-5,10H,6-9,11H2,1H3,(H,19,22)(H,20,23). The third kappa shape index (κ3) is 5.09. The summed E-state index contributed by atoms with van der Waals surface area (Å²) in [7, 11) is 0. The van der Waals surface area contributed by atoms with Gasteiger partial charge >= 0.3 is 0 Å². The van der Waals surface area contributed by atoms with Crippen LogP contribution in [0.15, 0.2) is 30.5 Å². The molecule has 1 saturated heterocycles. The number of nitrogens with zero attached hydrogens (tertiary/aromatic N) is 2. The highest BCUT2D eigenvalue weighted by Gasteiger charge is 2.14. The van der Waals surface area contributed by atoms with E-state index in [0.717, 1.165) is 18.1 Å². The molecule has 0 aliphatic carbocycles. The molecule has 2 amide bonds. The van der Waals surface area contributed by atoms with Crippen molar-refractivity contribution >= 4 is 34.5 Å². The molecule has 0 saturated carbocycles. The SMILES string of the molecule is Cc1ncc(C(=O)Nc2ccc(NC(=O)CN3CCOCC3)cc2)s1. The Morgan fingerprint density at radius 2 is 1.80 bits per heavy atom. The van der Waals surface area contributed by atoms with E-state index in [1.165, 1.54) is 11.3 Å². The van der Waals surface area contributed by atoms with Crippen molar-refractivity contribution < 1.29 is 14.3 Å². The lowest BCUT2D eigenvalue weighted by molar-refractivity contribution is -0.118. The largest absolute Gasteiger partial charge is 0.379 e. The number of amides is 2. The van der Waals surface area contributed by atoms with Crippen LogP contribution in [0.3, 0.4) is 0 Å². The van der Waals surface area contributed by atoms with Gasteiger partial charge in [0.15, 0.2) is 0 Å². The summed E-state index contributed by atoms with van der Waals surface area (Å²) in [5.41, 5.74) is 1.37. The molecule has 0 bridgehead atoms. The number of aryl methyl sites for hydroxylation is 1. The molecule has 25 heavy (non-hydrogen) atoms. The molecule has 8 heteroatoms. The van der Waals surface area contributed by atoms with Crippen molar-refractivity contribution in [1.82, 2.24) is 9.88 Å². The molecule has 0 atom stereocenters. The zero-order valence-electron chi connectivity index (χ0n) is 13.9. The van der Waals surface area contributed by atoms with Crippen LogP contribution in [0, 0.1) is 6.92 Å².